The Balaban J connectivity index is 2.31. The molecule has 78 valence electrons. The molecule has 0 bridgehead atoms. The summed E-state index contributed by atoms with van der Waals surface area (Å²) in [5.41, 5.74) is -1.46. The smallest absolute Gasteiger partial charge is 0.148 e. The van der Waals surface area contributed by atoms with Crippen molar-refractivity contribution in [3.63, 3.8) is 0 Å². The molecule has 0 aliphatic heterocycles. The van der Waals surface area contributed by atoms with Gasteiger partial charge in [-0.3, -0.25) is 0 Å². The van der Waals surface area contributed by atoms with E-state index >= 15 is 0 Å². The largest absolute Gasteiger partial charge is 0.390 e. The number of nitriles is 1. The Morgan fingerprint density at radius 2 is 2.00 bits per heavy atom. The van der Waals surface area contributed by atoms with Crippen molar-refractivity contribution in [2.45, 2.75) is 30.8 Å². The first kappa shape index (κ1) is 10.5. The van der Waals surface area contributed by atoms with Gasteiger partial charge in [-0.2, -0.15) is 5.26 Å². The first-order chi connectivity index (χ1) is 6.97. The van der Waals surface area contributed by atoms with Crippen molar-refractivity contribution >= 4 is 15.9 Å². The van der Waals surface area contributed by atoms with Crippen LogP contribution in [0.5, 0.6) is 0 Å². The van der Waals surface area contributed by atoms with Crippen LogP contribution in [-0.4, -0.2) is 20.7 Å². The third kappa shape index (κ3) is 1.75. The number of nitrogens with zero attached hydrogens (tertiary/aromatic N) is 3. The van der Waals surface area contributed by atoms with E-state index in [1.54, 1.807) is 19.3 Å². The molecule has 2 rings (SSSR count). The molecule has 4 nitrogen and oxygen atoms in total. The summed E-state index contributed by atoms with van der Waals surface area (Å²) in [6.07, 6.45) is 4.04. The second kappa shape index (κ2) is 3.26. The van der Waals surface area contributed by atoms with E-state index in [9.17, 15) is 5.11 Å². The van der Waals surface area contributed by atoms with E-state index in [4.69, 9.17) is 5.26 Å². The zero-order valence-electron chi connectivity index (χ0n) is 8.24. The van der Waals surface area contributed by atoms with Gasteiger partial charge in [-0.25, -0.2) is 9.97 Å². The molecular weight excluding hydrogens is 258 g/mol. The van der Waals surface area contributed by atoms with Gasteiger partial charge >= 0.3 is 0 Å². The summed E-state index contributed by atoms with van der Waals surface area (Å²) >= 11 is 3.24. The third-order valence-corrected chi connectivity index (χ3v) is 3.04. The summed E-state index contributed by atoms with van der Waals surface area (Å²) in [5.74, 6) is 0.500. The number of aromatic nitrogens is 2. The molecule has 1 aromatic heterocycles. The minimum atomic E-state index is -0.758. The highest BCUT2D eigenvalue weighted by molar-refractivity contribution is 9.10. The lowest BCUT2D eigenvalue weighted by Crippen LogP contribution is -2.52. The van der Waals surface area contributed by atoms with Gasteiger partial charge in [0.1, 0.15) is 11.2 Å². The average Bonchev–Trinajstić information content (AvgIpc) is 2.14. The van der Waals surface area contributed by atoms with Gasteiger partial charge in [0.25, 0.3) is 0 Å². The summed E-state index contributed by atoms with van der Waals surface area (Å²) in [5, 5.41) is 18.8. The molecule has 0 unspecified atom stereocenters. The van der Waals surface area contributed by atoms with E-state index in [-0.39, 0.29) is 0 Å². The Morgan fingerprint density at radius 3 is 2.40 bits per heavy atom. The Labute approximate surface area is 96.1 Å². The molecule has 0 amide bonds. The van der Waals surface area contributed by atoms with E-state index in [1.165, 1.54) is 0 Å². The summed E-state index contributed by atoms with van der Waals surface area (Å²) in [4.78, 5) is 8.23. The summed E-state index contributed by atoms with van der Waals surface area (Å²) < 4.78 is 0.783. The number of halogens is 1. The average molecular weight is 268 g/mol. The molecule has 0 aromatic carbocycles. The van der Waals surface area contributed by atoms with E-state index in [2.05, 4.69) is 32.0 Å². The quantitative estimate of drug-likeness (QED) is 0.838. The fourth-order valence-electron chi connectivity index (χ4n) is 2.10. The lowest BCUT2D eigenvalue weighted by molar-refractivity contribution is -0.0583. The maximum atomic E-state index is 9.68. The van der Waals surface area contributed by atoms with Crippen LogP contribution in [0.3, 0.4) is 0 Å². The van der Waals surface area contributed by atoms with Crippen LogP contribution in [0.15, 0.2) is 16.9 Å². The van der Waals surface area contributed by atoms with Crippen LogP contribution in [0, 0.1) is 11.3 Å². The molecule has 1 fully saturated rings. The Morgan fingerprint density at radius 1 is 1.47 bits per heavy atom. The highest BCUT2D eigenvalue weighted by atomic mass is 79.9. The maximum Gasteiger partial charge on any atom is 0.148 e. The van der Waals surface area contributed by atoms with Gasteiger partial charge in [-0.15, -0.1) is 0 Å². The van der Waals surface area contributed by atoms with Crippen LogP contribution in [0.25, 0.3) is 0 Å². The molecule has 0 radical (unpaired) electrons. The lowest BCUT2D eigenvalue weighted by Gasteiger charge is -2.45. The van der Waals surface area contributed by atoms with Crippen LogP contribution in [0.4, 0.5) is 0 Å². The summed E-state index contributed by atoms with van der Waals surface area (Å²) in [6, 6.07) is 2.21. The topological polar surface area (TPSA) is 69.8 Å². The second-order valence-corrected chi connectivity index (χ2v) is 5.18. The molecule has 0 spiro atoms. The molecule has 0 atom stereocenters. The van der Waals surface area contributed by atoms with Gasteiger partial charge in [0.2, 0.25) is 0 Å². The van der Waals surface area contributed by atoms with Crippen LogP contribution in [0.2, 0.25) is 0 Å². The van der Waals surface area contributed by atoms with Crippen molar-refractivity contribution < 1.29 is 5.11 Å². The summed E-state index contributed by atoms with van der Waals surface area (Å²) in [7, 11) is 0. The zero-order chi connectivity index (χ0) is 11.1. The van der Waals surface area contributed by atoms with Gasteiger partial charge in [0.15, 0.2) is 0 Å². The van der Waals surface area contributed by atoms with Crippen molar-refractivity contribution in [1.29, 1.82) is 5.26 Å². The predicted molar refractivity (Wildman–Crippen MR) is 56.9 cm³/mol. The molecule has 1 heterocycles. The van der Waals surface area contributed by atoms with Crippen molar-refractivity contribution in [2.24, 2.45) is 0 Å². The monoisotopic (exact) mass is 267 g/mol. The van der Waals surface area contributed by atoms with Crippen LogP contribution in [0.1, 0.15) is 25.6 Å². The molecule has 1 aliphatic carbocycles. The standard InChI is InChI=1S/C10H10BrN3O/c1-9(15)4-10(5-9,6-12)8-13-2-7(11)3-14-8/h2-3,15H,4-5H2,1H3. The van der Waals surface area contributed by atoms with Gasteiger partial charge in [-0.05, 0) is 22.9 Å². The van der Waals surface area contributed by atoms with E-state index in [0.29, 0.717) is 18.7 Å². The van der Waals surface area contributed by atoms with E-state index < -0.39 is 11.0 Å². The highest BCUT2D eigenvalue weighted by Gasteiger charge is 2.54. The van der Waals surface area contributed by atoms with Crippen molar-refractivity contribution in [1.82, 2.24) is 9.97 Å². The first-order valence-electron chi connectivity index (χ1n) is 4.59. The molecule has 1 saturated carbocycles. The molecule has 1 N–H and O–H groups in total. The fraction of sp³-hybridized carbons (Fsp3) is 0.500. The highest BCUT2D eigenvalue weighted by Crippen LogP contribution is 2.48. The molecule has 5 heteroatoms. The Hall–Kier alpha value is -0.990. The minimum absolute atomic E-state index is 0.401. The van der Waals surface area contributed by atoms with Crippen LogP contribution >= 0.6 is 15.9 Å². The van der Waals surface area contributed by atoms with Gasteiger partial charge < -0.3 is 5.11 Å². The Kier molecular flexibility index (Phi) is 2.28. The predicted octanol–water partition coefficient (Wildman–Crippen LogP) is 1.55. The van der Waals surface area contributed by atoms with Gasteiger partial charge in [-0.1, -0.05) is 0 Å². The van der Waals surface area contributed by atoms with Crippen molar-refractivity contribution in [2.75, 3.05) is 0 Å². The summed E-state index contributed by atoms with van der Waals surface area (Å²) in [6.45, 7) is 1.72. The minimum Gasteiger partial charge on any atom is -0.390 e. The van der Waals surface area contributed by atoms with Crippen LogP contribution < -0.4 is 0 Å². The number of rotatable bonds is 1. The SMILES string of the molecule is CC1(O)CC(C#N)(c2ncc(Br)cn2)C1. The van der Waals surface area contributed by atoms with E-state index in [0.717, 1.165) is 4.47 Å². The first-order valence-corrected chi connectivity index (χ1v) is 5.38. The Bertz CT molecular complexity index is 413. The molecular formula is C10H10BrN3O. The van der Waals surface area contributed by atoms with Gasteiger partial charge in [0, 0.05) is 25.2 Å². The second-order valence-electron chi connectivity index (χ2n) is 4.27. The lowest BCUT2D eigenvalue weighted by atomic mass is 9.60. The molecule has 1 aromatic rings. The fourth-order valence-corrected chi connectivity index (χ4v) is 2.30. The maximum absolute atomic E-state index is 9.68. The molecule has 15 heavy (non-hydrogen) atoms. The number of hydrogen-bond donors (Lipinski definition) is 1. The zero-order valence-corrected chi connectivity index (χ0v) is 9.82. The van der Waals surface area contributed by atoms with Crippen LogP contribution in [-0.2, 0) is 5.41 Å². The molecule has 1 aliphatic rings. The third-order valence-electron chi connectivity index (χ3n) is 2.63. The molecule has 0 saturated heterocycles. The van der Waals surface area contributed by atoms with Crippen molar-refractivity contribution in [3.8, 4) is 6.07 Å². The van der Waals surface area contributed by atoms with Gasteiger partial charge in [0.05, 0.1) is 16.1 Å². The normalized spacial score (nSPS) is 34.3. The number of aliphatic hydroxyl groups is 1. The van der Waals surface area contributed by atoms with Crippen molar-refractivity contribution in [3.05, 3.63) is 22.7 Å². The number of hydrogen-bond acceptors (Lipinski definition) is 4. The van der Waals surface area contributed by atoms with E-state index in [1.807, 2.05) is 0 Å².